The van der Waals surface area contributed by atoms with Gasteiger partial charge in [0.2, 0.25) is 9.84 Å². The molecule has 53 heavy (non-hydrogen) atoms. The molecule has 2 unspecified atom stereocenters. The molecule has 4 aromatic rings. The number of hydrogen-bond acceptors (Lipinski definition) is 14. The Bertz CT molecular complexity index is 1940. The van der Waals surface area contributed by atoms with Gasteiger partial charge in [0, 0.05) is 35.6 Å². The molecule has 0 spiro atoms. The van der Waals surface area contributed by atoms with Crippen LogP contribution in [0, 0.1) is 20.2 Å². The van der Waals surface area contributed by atoms with Crippen molar-refractivity contribution in [3.05, 3.63) is 128 Å². The van der Waals surface area contributed by atoms with E-state index >= 15 is 0 Å². The molecule has 0 radical (unpaired) electrons. The molecule has 2 atom stereocenters. The quantitative estimate of drug-likeness (QED) is 0.0485. The Labute approximate surface area is 307 Å². The zero-order valence-corrected chi connectivity index (χ0v) is 31.9. The summed E-state index contributed by atoms with van der Waals surface area (Å²) in [6, 6.07) is 22.3. The van der Waals surface area contributed by atoms with Crippen LogP contribution in [-0.4, -0.2) is 44.7 Å². The largest absolute Gasteiger partial charge is 0.368 e. The molecule has 0 aliphatic rings. The van der Waals surface area contributed by atoms with Crippen molar-refractivity contribution >= 4 is 47.8 Å². The third-order valence-electron chi connectivity index (χ3n) is 7.60. The first-order valence-electron chi connectivity index (χ1n) is 16.5. The number of hydrogen-bond donors (Lipinski definition) is 2. The fourth-order valence-corrected chi connectivity index (χ4v) is 10.4. The molecule has 0 fully saturated rings. The van der Waals surface area contributed by atoms with Crippen molar-refractivity contribution in [1.29, 1.82) is 0 Å². The summed E-state index contributed by atoms with van der Waals surface area (Å²) >= 11 is 0. The van der Waals surface area contributed by atoms with Crippen molar-refractivity contribution < 1.29 is 45.5 Å². The minimum Gasteiger partial charge on any atom is -0.368 e. The molecule has 4 rings (SSSR count). The van der Waals surface area contributed by atoms with Crippen LogP contribution in [0.4, 0.5) is 22.7 Å². The van der Waals surface area contributed by atoms with E-state index in [-0.39, 0.29) is 58.7 Å². The molecule has 19 heteroatoms. The highest BCUT2D eigenvalue weighted by Crippen LogP contribution is 2.62. The predicted molar refractivity (Wildman–Crippen MR) is 199 cm³/mol. The molecule has 16 nitrogen and oxygen atoms in total. The molecule has 0 aliphatic heterocycles. The van der Waals surface area contributed by atoms with E-state index in [1.54, 1.807) is 39.8 Å². The van der Waals surface area contributed by atoms with E-state index in [9.17, 15) is 37.8 Å². The number of sulfone groups is 1. The van der Waals surface area contributed by atoms with Crippen molar-refractivity contribution in [2.75, 3.05) is 37.1 Å². The summed E-state index contributed by atoms with van der Waals surface area (Å²) in [7, 11) is -12.0. The second-order valence-electron chi connectivity index (χ2n) is 11.1. The number of non-ortho nitro benzene ring substituents is 2. The fourth-order valence-electron chi connectivity index (χ4n) is 5.31. The van der Waals surface area contributed by atoms with Crippen LogP contribution in [0.25, 0.3) is 0 Å². The molecule has 0 heterocycles. The van der Waals surface area contributed by atoms with E-state index in [0.717, 1.165) is 0 Å². The normalized spacial score (nSPS) is 13.2. The second kappa shape index (κ2) is 18.0. The molecule has 0 saturated carbocycles. The Morgan fingerprint density at radius 3 is 1.19 bits per heavy atom. The van der Waals surface area contributed by atoms with Crippen LogP contribution in [0.3, 0.4) is 0 Å². The summed E-state index contributed by atoms with van der Waals surface area (Å²) < 4.78 is 77.4. The molecule has 0 bridgehead atoms. The summed E-state index contributed by atoms with van der Waals surface area (Å²) in [5.41, 5.74) is 0.741. The van der Waals surface area contributed by atoms with Gasteiger partial charge in [-0.3, -0.25) is 29.4 Å². The molecule has 0 aromatic heterocycles. The third kappa shape index (κ3) is 9.95. The van der Waals surface area contributed by atoms with Gasteiger partial charge in [0.15, 0.2) is 11.6 Å². The highest BCUT2D eigenvalue weighted by atomic mass is 32.2. The Morgan fingerprint density at radius 2 is 0.906 bits per heavy atom. The fraction of sp³-hybridized carbons (Fsp3) is 0.294. The Balaban J connectivity index is 1.62. The van der Waals surface area contributed by atoms with E-state index in [2.05, 4.69) is 10.6 Å². The standard InChI is InChI=1S/C34H40N4O12P2S/c1-5-47-51(43,48-6-2)33(25-11-9-13-29(23-25)37(39)40)35-27-15-19-31(20-16-27)53(45,46)32-21-17-28(18-22-32)36-34(52(44,49-7-3)50-8-4)26-12-10-14-30(24-26)38(41)42/h9-24,33-36H,5-8H2,1-4H3. The van der Waals surface area contributed by atoms with Crippen LogP contribution in [0.1, 0.15) is 50.4 Å². The first kappa shape index (κ1) is 41.3. The van der Waals surface area contributed by atoms with Crippen LogP contribution < -0.4 is 10.6 Å². The molecular formula is C34H40N4O12P2S. The lowest BCUT2D eigenvalue weighted by atomic mass is 10.2. The minimum absolute atomic E-state index is 0.0314. The molecule has 284 valence electrons. The van der Waals surface area contributed by atoms with Crippen LogP contribution in [-0.2, 0) is 37.1 Å². The maximum absolute atomic E-state index is 13.9. The average molecular weight is 791 g/mol. The van der Waals surface area contributed by atoms with Gasteiger partial charge < -0.3 is 28.7 Å². The topological polar surface area (TPSA) is 216 Å². The van der Waals surface area contributed by atoms with E-state index < -0.39 is 46.4 Å². The number of nitro benzene ring substituents is 2. The maximum atomic E-state index is 13.9. The highest BCUT2D eigenvalue weighted by Gasteiger charge is 2.39. The van der Waals surface area contributed by atoms with E-state index in [4.69, 9.17) is 18.1 Å². The van der Waals surface area contributed by atoms with Crippen LogP contribution in [0.5, 0.6) is 0 Å². The summed E-state index contributed by atoms with van der Waals surface area (Å²) in [6.45, 7) is 6.66. The van der Waals surface area contributed by atoms with Crippen molar-refractivity contribution in [1.82, 2.24) is 0 Å². The average Bonchev–Trinajstić information content (AvgIpc) is 3.13. The van der Waals surface area contributed by atoms with Gasteiger partial charge in [-0.25, -0.2) is 8.42 Å². The Kier molecular flexibility index (Phi) is 14.1. The van der Waals surface area contributed by atoms with Gasteiger partial charge in [0.05, 0.1) is 46.1 Å². The molecular weight excluding hydrogens is 750 g/mol. The van der Waals surface area contributed by atoms with Crippen molar-refractivity contribution in [2.45, 2.75) is 49.1 Å². The Morgan fingerprint density at radius 1 is 0.585 bits per heavy atom. The zero-order valence-electron chi connectivity index (χ0n) is 29.3. The van der Waals surface area contributed by atoms with Crippen LogP contribution in [0.15, 0.2) is 107 Å². The molecule has 0 aliphatic carbocycles. The second-order valence-corrected chi connectivity index (χ2v) is 17.3. The lowest BCUT2D eigenvalue weighted by Gasteiger charge is -2.28. The minimum atomic E-state index is -4.07. The monoisotopic (exact) mass is 790 g/mol. The Hall–Kier alpha value is -4.47. The summed E-state index contributed by atoms with van der Waals surface area (Å²) in [5, 5.41) is 29.1. The van der Waals surface area contributed by atoms with Gasteiger partial charge >= 0.3 is 15.2 Å². The number of nitrogens with one attached hydrogen (secondary N) is 2. The molecule has 4 aromatic carbocycles. The van der Waals surface area contributed by atoms with E-state index in [1.165, 1.54) is 84.9 Å². The number of benzene rings is 4. The smallest absolute Gasteiger partial charge is 0.357 e. The number of rotatable bonds is 20. The lowest BCUT2D eigenvalue weighted by molar-refractivity contribution is -0.385. The van der Waals surface area contributed by atoms with Gasteiger partial charge in [0.1, 0.15) is 0 Å². The number of nitrogens with zero attached hydrogens (tertiary/aromatic N) is 2. The SMILES string of the molecule is CCOP(=O)(OCC)C(Nc1ccc(S(=O)(=O)c2ccc(NC(c3cccc([N+](=O)[O-])c3)P(=O)(OCC)OCC)cc2)cc1)c1cccc([N+](=O)[O-])c1. The molecule has 0 amide bonds. The number of anilines is 2. The van der Waals surface area contributed by atoms with Crippen molar-refractivity contribution in [2.24, 2.45) is 0 Å². The zero-order chi connectivity index (χ0) is 38.8. The molecule has 0 saturated heterocycles. The maximum Gasteiger partial charge on any atom is 0.357 e. The first-order chi connectivity index (χ1) is 25.2. The van der Waals surface area contributed by atoms with E-state index in [0.29, 0.717) is 11.4 Å². The highest BCUT2D eigenvalue weighted by molar-refractivity contribution is 7.91. The lowest BCUT2D eigenvalue weighted by Crippen LogP contribution is -2.16. The summed E-state index contributed by atoms with van der Waals surface area (Å²) in [5.74, 6) is -2.34. The summed E-state index contributed by atoms with van der Waals surface area (Å²) in [4.78, 5) is 21.7. The van der Waals surface area contributed by atoms with Crippen LogP contribution >= 0.6 is 15.2 Å². The van der Waals surface area contributed by atoms with Crippen molar-refractivity contribution in [3.8, 4) is 0 Å². The summed E-state index contributed by atoms with van der Waals surface area (Å²) in [6.07, 6.45) is 0. The first-order valence-corrected chi connectivity index (χ1v) is 21.2. The number of nitro groups is 2. The van der Waals surface area contributed by atoms with Gasteiger partial charge in [-0.15, -0.1) is 0 Å². The van der Waals surface area contributed by atoms with E-state index in [1.807, 2.05) is 0 Å². The van der Waals surface area contributed by atoms with Gasteiger partial charge in [-0.2, -0.15) is 0 Å². The van der Waals surface area contributed by atoms with Gasteiger partial charge in [-0.05, 0) is 87.4 Å². The van der Waals surface area contributed by atoms with Crippen LogP contribution in [0.2, 0.25) is 0 Å². The van der Waals surface area contributed by atoms with Gasteiger partial charge in [-0.1, -0.05) is 24.3 Å². The third-order valence-corrected chi connectivity index (χ3v) is 14.0. The van der Waals surface area contributed by atoms with Crippen molar-refractivity contribution in [3.63, 3.8) is 0 Å². The predicted octanol–water partition coefficient (Wildman–Crippen LogP) is 9.09. The molecule has 2 N–H and O–H groups in total. The van der Waals surface area contributed by atoms with Gasteiger partial charge in [0.25, 0.3) is 11.4 Å².